The normalized spacial score (nSPS) is 15.4. The summed E-state index contributed by atoms with van der Waals surface area (Å²) in [6.45, 7) is 2.30. The van der Waals surface area contributed by atoms with Gasteiger partial charge in [-0.1, -0.05) is 13.8 Å². The molecule has 0 aliphatic carbocycles. The Bertz CT molecular complexity index is 300. The Balaban J connectivity index is 4.06. The smallest absolute Gasteiger partial charge is 0.367 e. The quantitative estimate of drug-likeness (QED) is 0.731. The summed E-state index contributed by atoms with van der Waals surface area (Å²) >= 11 is 0. The number of hydrogen-bond donors (Lipinski definition) is 1. The lowest BCUT2D eigenvalue weighted by Crippen LogP contribution is -2.38. The van der Waals surface area contributed by atoms with Gasteiger partial charge in [-0.25, -0.2) is 13.1 Å². The third-order valence-electron chi connectivity index (χ3n) is 1.69. The van der Waals surface area contributed by atoms with E-state index in [1.165, 1.54) is 13.8 Å². The Morgan fingerprint density at radius 1 is 1.31 bits per heavy atom. The molecule has 1 atom stereocenters. The van der Waals surface area contributed by atoms with Crippen LogP contribution in [0.4, 0.5) is 13.2 Å². The minimum absolute atomic E-state index is 0.169. The highest BCUT2D eigenvalue weighted by Gasteiger charge is 2.42. The summed E-state index contributed by atoms with van der Waals surface area (Å²) in [6, 6.07) is 0. The van der Waals surface area contributed by atoms with Crippen molar-refractivity contribution in [2.45, 2.75) is 26.1 Å². The second kappa shape index (κ2) is 5.83. The lowest BCUT2D eigenvalue weighted by Gasteiger charge is -2.23. The monoisotopic (exact) mass is 263 g/mol. The first-order valence-corrected chi connectivity index (χ1v) is 6.56. The predicted molar refractivity (Wildman–Crippen MR) is 53.5 cm³/mol. The third kappa shape index (κ3) is 7.02. The minimum atomic E-state index is -4.43. The molecule has 0 amide bonds. The van der Waals surface area contributed by atoms with Crippen LogP contribution >= 0.6 is 0 Å². The fraction of sp³-hybridized carbons (Fsp3) is 1.00. The van der Waals surface area contributed by atoms with Crippen LogP contribution in [0.5, 0.6) is 0 Å². The maximum absolute atomic E-state index is 12.4. The molecule has 0 saturated carbocycles. The number of rotatable bonds is 6. The molecule has 0 rings (SSSR count). The first-order chi connectivity index (χ1) is 7.04. The van der Waals surface area contributed by atoms with Crippen molar-refractivity contribution in [3.63, 3.8) is 0 Å². The fourth-order valence-electron chi connectivity index (χ4n) is 1.08. The summed E-state index contributed by atoms with van der Waals surface area (Å²) in [6.07, 6.45) is -5.37. The first-order valence-electron chi connectivity index (χ1n) is 4.67. The first kappa shape index (κ1) is 15.7. The Morgan fingerprint density at radius 3 is 2.12 bits per heavy atom. The molecule has 0 aliphatic rings. The van der Waals surface area contributed by atoms with Crippen molar-refractivity contribution in [1.29, 1.82) is 0 Å². The summed E-state index contributed by atoms with van der Waals surface area (Å²) in [5, 5.41) is 0. The Hall–Kier alpha value is -0.340. The van der Waals surface area contributed by atoms with Crippen LogP contribution in [0.25, 0.3) is 0 Å². The molecule has 0 aromatic heterocycles. The molecule has 0 aromatic carbocycles. The SMILES string of the molecule is CC(C)C(OCCNS(C)(=O)=O)C(F)(F)F. The van der Waals surface area contributed by atoms with Crippen LogP contribution < -0.4 is 4.72 Å². The average molecular weight is 263 g/mol. The van der Waals surface area contributed by atoms with E-state index >= 15 is 0 Å². The van der Waals surface area contributed by atoms with E-state index in [-0.39, 0.29) is 13.2 Å². The van der Waals surface area contributed by atoms with Gasteiger partial charge in [0.05, 0.1) is 12.9 Å². The molecule has 0 aromatic rings. The summed E-state index contributed by atoms with van der Waals surface area (Å²) in [4.78, 5) is 0. The Morgan fingerprint density at radius 2 is 1.81 bits per heavy atom. The molecular weight excluding hydrogens is 247 g/mol. The molecule has 0 heterocycles. The molecule has 0 aliphatic heterocycles. The van der Waals surface area contributed by atoms with Crippen molar-refractivity contribution in [1.82, 2.24) is 4.72 Å². The molecule has 0 spiro atoms. The van der Waals surface area contributed by atoms with Crippen molar-refractivity contribution in [3.05, 3.63) is 0 Å². The lowest BCUT2D eigenvalue weighted by atomic mass is 10.1. The van der Waals surface area contributed by atoms with Gasteiger partial charge in [-0.15, -0.1) is 0 Å². The molecule has 0 radical (unpaired) electrons. The summed E-state index contributed by atoms with van der Waals surface area (Å²) in [5.41, 5.74) is 0. The summed E-state index contributed by atoms with van der Waals surface area (Å²) < 4.78 is 65.0. The van der Waals surface area contributed by atoms with Crippen molar-refractivity contribution in [2.75, 3.05) is 19.4 Å². The minimum Gasteiger partial charge on any atom is -0.367 e. The van der Waals surface area contributed by atoms with Crippen LogP contribution in [0.3, 0.4) is 0 Å². The van der Waals surface area contributed by atoms with Gasteiger partial charge in [-0.05, 0) is 5.92 Å². The zero-order valence-electron chi connectivity index (χ0n) is 9.34. The molecule has 16 heavy (non-hydrogen) atoms. The molecule has 98 valence electrons. The maximum Gasteiger partial charge on any atom is 0.414 e. The molecule has 0 bridgehead atoms. The van der Waals surface area contributed by atoms with Crippen molar-refractivity contribution in [2.24, 2.45) is 5.92 Å². The van der Waals surface area contributed by atoms with E-state index < -0.39 is 28.2 Å². The van der Waals surface area contributed by atoms with Crippen LogP contribution in [0, 0.1) is 5.92 Å². The summed E-state index contributed by atoms with van der Waals surface area (Å²) in [7, 11) is -3.39. The van der Waals surface area contributed by atoms with E-state index in [0.29, 0.717) is 0 Å². The lowest BCUT2D eigenvalue weighted by molar-refractivity contribution is -0.232. The average Bonchev–Trinajstić information content (AvgIpc) is 1.97. The van der Waals surface area contributed by atoms with Gasteiger partial charge in [0.2, 0.25) is 10.0 Å². The fourth-order valence-corrected chi connectivity index (χ4v) is 1.53. The number of sulfonamides is 1. The van der Waals surface area contributed by atoms with E-state index in [1.807, 2.05) is 4.72 Å². The standard InChI is InChI=1S/C8H16F3NO3S/c1-6(2)7(8(9,10)11)15-5-4-12-16(3,13)14/h6-7,12H,4-5H2,1-3H3. The molecule has 0 fully saturated rings. The van der Waals surface area contributed by atoms with Gasteiger partial charge in [0.1, 0.15) is 0 Å². The van der Waals surface area contributed by atoms with E-state index in [4.69, 9.17) is 0 Å². The maximum atomic E-state index is 12.4. The number of ether oxygens (including phenoxy) is 1. The molecule has 1 N–H and O–H groups in total. The number of alkyl halides is 3. The van der Waals surface area contributed by atoms with Crippen molar-refractivity contribution < 1.29 is 26.3 Å². The highest BCUT2D eigenvalue weighted by molar-refractivity contribution is 7.88. The van der Waals surface area contributed by atoms with Crippen LogP contribution in [-0.4, -0.2) is 40.1 Å². The molecular formula is C8H16F3NO3S. The third-order valence-corrected chi connectivity index (χ3v) is 2.42. The zero-order valence-corrected chi connectivity index (χ0v) is 10.2. The Kier molecular flexibility index (Phi) is 5.71. The predicted octanol–water partition coefficient (Wildman–Crippen LogP) is 1.14. The number of nitrogens with one attached hydrogen (secondary N) is 1. The van der Waals surface area contributed by atoms with Crippen LogP contribution in [-0.2, 0) is 14.8 Å². The molecule has 0 saturated heterocycles. The van der Waals surface area contributed by atoms with Gasteiger partial charge in [0.15, 0.2) is 6.10 Å². The van der Waals surface area contributed by atoms with E-state index in [2.05, 4.69) is 4.74 Å². The topological polar surface area (TPSA) is 55.4 Å². The second-order valence-electron chi connectivity index (χ2n) is 3.74. The molecule has 4 nitrogen and oxygen atoms in total. The van der Waals surface area contributed by atoms with Gasteiger partial charge >= 0.3 is 6.18 Å². The van der Waals surface area contributed by atoms with E-state index in [0.717, 1.165) is 6.26 Å². The zero-order chi connectivity index (χ0) is 13.0. The summed E-state index contributed by atoms with van der Waals surface area (Å²) in [5.74, 6) is -0.710. The van der Waals surface area contributed by atoms with Crippen molar-refractivity contribution in [3.8, 4) is 0 Å². The molecule has 8 heteroatoms. The molecule has 1 unspecified atom stereocenters. The highest BCUT2D eigenvalue weighted by atomic mass is 32.2. The number of hydrogen-bond acceptors (Lipinski definition) is 3. The second-order valence-corrected chi connectivity index (χ2v) is 5.58. The van der Waals surface area contributed by atoms with E-state index in [9.17, 15) is 21.6 Å². The van der Waals surface area contributed by atoms with Crippen molar-refractivity contribution >= 4 is 10.0 Å². The Labute approximate surface area is 93.2 Å². The van der Waals surface area contributed by atoms with Gasteiger partial charge in [-0.2, -0.15) is 13.2 Å². The van der Waals surface area contributed by atoms with Gasteiger partial charge in [0.25, 0.3) is 0 Å². The van der Waals surface area contributed by atoms with Crippen LogP contribution in [0.15, 0.2) is 0 Å². The largest absolute Gasteiger partial charge is 0.414 e. The van der Waals surface area contributed by atoms with Gasteiger partial charge < -0.3 is 4.74 Å². The van der Waals surface area contributed by atoms with Gasteiger partial charge in [-0.3, -0.25) is 0 Å². The highest BCUT2D eigenvalue weighted by Crippen LogP contribution is 2.27. The van der Waals surface area contributed by atoms with Crippen LogP contribution in [0.1, 0.15) is 13.8 Å². The van der Waals surface area contributed by atoms with Crippen LogP contribution in [0.2, 0.25) is 0 Å². The van der Waals surface area contributed by atoms with Gasteiger partial charge in [0, 0.05) is 6.54 Å². The van der Waals surface area contributed by atoms with E-state index in [1.54, 1.807) is 0 Å². The number of halogens is 3.